The van der Waals surface area contributed by atoms with Gasteiger partial charge in [-0.05, 0) is 86.8 Å². The Hall–Kier alpha value is -4.83. The van der Waals surface area contributed by atoms with Crippen molar-refractivity contribution in [3.63, 3.8) is 0 Å². The largest absolute Gasteiger partial charge is 0.497 e. The van der Waals surface area contributed by atoms with E-state index in [-0.39, 0.29) is 29.8 Å². The smallest absolute Gasteiger partial charge is 0.264 e. The number of benzene rings is 4. The molecule has 9 nitrogen and oxygen atoms in total. The van der Waals surface area contributed by atoms with E-state index < -0.39 is 28.5 Å². The van der Waals surface area contributed by atoms with Crippen molar-refractivity contribution in [1.82, 2.24) is 10.2 Å². The number of sulfonamides is 1. The van der Waals surface area contributed by atoms with Gasteiger partial charge in [0, 0.05) is 19.0 Å². The van der Waals surface area contributed by atoms with E-state index in [0.29, 0.717) is 30.2 Å². The lowest BCUT2D eigenvalue weighted by atomic mass is 10.0. The van der Waals surface area contributed by atoms with Crippen LogP contribution in [-0.4, -0.2) is 57.5 Å². The average molecular weight is 672 g/mol. The second kappa shape index (κ2) is 16.8. The molecule has 4 aromatic rings. The Morgan fingerprint density at radius 2 is 1.50 bits per heavy atom. The van der Waals surface area contributed by atoms with Gasteiger partial charge < -0.3 is 19.7 Å². The summed E-state index contributed by atoms with van der Waals surface area (Å²) in [5.41, 5.74) is 2.86. The van der Waals surface area contributed by atoms with Gasteiger partial charge in [0.2, 0.25) is 11.8 Å². The van der Waals surface area contributed by atoms with Gasteiger partial charge in [0.15, 0.2) is 0 Å². The van der Waals surface area contributed by atoms with Crippen LogP contribution in [0.5, 0.6) is 11.5 Å². The lowest BCUT2D eigenvalue weighted by Crippen LogP contribution is -2.54. The van der Waals surface area contributed by atoms with Crippen LogP contribution in [0.4, 0.5) is 5.69 Å². The van der Waals surface area contributed by atoms with E-state index in [2.05, 4.69) is 5.32 Å². The van der Waals surface area contributed by atoms with E-state index in [9.17, 15) is 18.0 Å². The van der Waals surface area contributed by atoms with E-state index >= 15 is 0 Å². The van der Waals surface area contributed by atoms with Gasteiger partial charge in [-0.25, -0.2) is 8.42 Å². The maximum atomic E-state index is 14.7. The van der Waals surface area contributed by atoms with E-state index in [4.69, 9.17) is 9.47 Å². The van der Waals surface area contributed by atoms with Crippen molar-refractivity contribution < 1.29 is 27.5 Å². The Morgan fingerprint density at radius 1 is 0.833 bits per heavy atom. The van der Waals surface area contributed by atoms with Gasteiger partial charge in [-0.1, -0.05) is 67.1 Å². The van der Waals surface area contributed by atoms with Gasteiger partial charge >= 0.3 is 0 Å². The molecule has 4 aromatic carbocycles. The lowest BCUT2D eigenvalue weighted by Gasteiger charge is -2.34. The minimum atomic E-state index is -4.23. The van der Waals surface area contributed by atoms with Crippen molar-refractivity contribution in [3.8, 4) is 11.5 Å². The highest BCUT2D eigenvalue weighted by atomic mass is 32.2. The number of carbonyl (C=O) groups excluding carboxylic acids is 2. The highest BCUT2D eigenvalue weighted by Gasteiger charge is 2.35. The van der Waals surface area contributed by atoms with E-state index in [1.54, 1.807) is 55.6 Å². The van der Waals surface area contributed by atoms with Crippen LogP contribution in [0.3, 0.4) is 0 Å². The summed E-state index contributed by atoms with van der Waals surface area (Å²) in [5, 5.41) is 3.06. The predicted molar refractivity (Wildman–Crippen MR) is 189 cm³/mol. The minimum Gasteiger partial charge on any atom is -0.497 e. The molecule has 0 aromatic heterocycles. The summed E-state index contributed by atoms with van der Waals surface area (Å²) in [6.07, 6.45) is 0.935. The second-order valence-corrected chi connectivity index (χ2v) is 13.5. The molecule has 0 aliphatic heterocycles. The molecule has 0 aliphatic rings. The summed E-state index contributed by atoms with van der Waals surface area (Å²) in [6, 6.07) is 28.8. The Labute approximate surface area is 284 Å². The van der Waals surface area contributed by atoms with Gasteiger partial charge in [-0.2, -0.15) is 0 Å². The normalized spacial score (nSPS) is 12.4. The maximum Gasteiger partial charge on any atom is 0.264 e. The number of amides is 2. The molecular weight excluding hydrogens is 627 g/mol. The maximum absolute atomic E-state index is 14.7. The zero-order chi connectivity index (χ0) is 34.7. The molecular formula is C38H45N3O6S. The molecule has 0 spiro atoms. The zero-order valence-corrected chi connectivity index (χ0v) is 29.1. The highest BCUT2D eigenvalue weighted by molar-refractivity contribution is 7.92. The first kappa shape index (κ1) is 36.0. The van der Waals surface area contributed by atoms with Crippen molar-refractivity contribution >= 4 is 27.5 Å². The van der Waals surface area contributed by atoms with Gasteiger partial charge in [-0.15, -0.1) is 0 Å². The summed E-state index contributed by atoms with van der Waals surface area (Å²) in [4.78, 5) is 30.1. The van der Waals surface area contributed by atoms with Crippen LogP contribution in [-0.2, 0) is 32.6 Å². The molecule has 48 heavy (non-hydrogen) atoms. The molecule has 2 unspecified atom stereocenters. The summed E-state index contributed by atoms with van der Waals surface area (Å²) < 4.78 is 40.6. The summed E-state index contributed by atoms with van der Waals surface area (Å²) >= 11 is 0. The minimum absolute atomic E-state index is 0.00835. The third-order valence-corrected chi connectivity index (χ3v) is 9.87. The number of hydrogen-bond donors (Lipinski definition) is 1. The van der Waals surface area contributed by atoms with Crippen molar-refractivity contribution in [2.24, 2.45) is 0 Å². The Morgan fingerprint density at radius 3 is 2.12 bits per heavy atom. The van der Waals surface area contributed by atoms with Crippen LogP contribution in [0.15, 0.2) is 108 Å². The number of anilines is 1. The van der Waals surface area contributed by atoms with Crippen molar-refractivity contribution in [3.05, 3.63) is 120 Å². The Kier molecular flexibility index (Phi) is 12.6. The van der Waals surface area contributed by atoms with Gasteiger partial charge in [0.05, 0.1) is 24.3 Å². The number of aryl methyl sites for hydroxylation is 1. The first-order valence-electron chi connectivity index (χ1n) is 16.1. The zero-order valence-electron chi connectivity index (χ0n) is 28.3. The molecule has 0 bridgehead atoms. The number of rotatable bonds is 16. The van der Waals surface area contributed by atoms with Gasteiger partial charge in [0.1, 0.15) is 24.1 Å². The first-order chi connectivity index (χ1) is 23.0. The second-order valence-electron chi connectivity index (χ2n) is 11.6. The number of hydrogen-bond acceptors (Lipinski definition) is 6. The molecule has 0 radical (unpaired) electrons. The van der Waals surface area contributed by atoms with Gasteiger partial charge in [-0.3, -0.25) is 13.9 Å². The van der Waals surface area contributed by atoms with Crippen LogP contribution in [0.1, 0.15) is 43.9 Å². The quantitative estimate of drug-likeness (QED) is 0.153. The van der Waals surface area contributed by atoms with Crippen LogP contribution in [0.25, 0.3) is 0 Å². The number of carbonyl (C=O) groups is 2. The van der Waals surface area contributed by atoms with E-state index in [0.717, 1.165) is 21.0 Å². The van der Waals surface area contributed by atoms with Crippen LogP contribution >= 0.6 is 0 Å². The number of nitrogens with zero attached hydrogens (tertiary/aromatic N) is 2. The fourth-order valence-corrected chi connectivity index (χ4v) is 6.62. The molecule has 0 aliphatic carbocycles. The fraction of sp³-hybridized carbons (Fsp3) is 0.316. The lowest BCUT2D eigenvalue weighted by molar-refractivity contribution is -0.140. The summed E-state index contributed by atoms with van der Waals surface area (Å²) in [5.74, 6) is 0.284. The topological polar surface area (TPSA) is 105 Å². The molecule has 2 atom stereocenters. The molecule has 0 saturated heterocycles. The highest BCUT2D eigenvalue weighted by Crippen LogP contribution is 2.27. The third-order valence-electron chi connectivity index (χ3n) is 8.08. The first-order valence-corrected chi connectivity index (χ1v) is 17.6. The number of ether oxygens (including phenoxy) is 2. The standard InChI is InChI=1S/C38H45N3O6S/c1-6-29(4)39-38(43)36(25-30-12-9-8-10-13-30)40(26-31-14-11-15-34(24-31)46-5)37(42)27-41(32-18-16-28(3)17-19-32)48(44,45)35-22-20-33(21-23-35)47-7-2/h8-24,29,36H,6-7,25-27H2,1-5H3,(H,39,43). The summed E-state index contributed by atoms with van der Waals surface area (Å²) in [6.45, 7) is 7.58. The van der Waals surface area contributed by atoms with Crippen LogP contribution in [0, 0.1) is 6.92 Å². The molecule has 1 N–H and O–H groups in total. The Bertz CT molecular complexity index is 1750. The number of methoxy groups -OCH3 is 1. The number of nitrogens with one attached hydrogen (secondary N) is 1. The van der Waals surface area contributed by atoms with Crippen LogP contribution in [0.2, 0.25) is 0 Å². The molecule has 0 heterocycles. The molecule has 0 fully saturated rings. The SMILES string of the molecule is CCOc1ccc(S(=O)(=O)N(CC(=O)N(Cc2cccc(OC)c2)C(Cc2ccccc2)C(=O)NC(C)CC)c2ccc(C)cc2)cc1. The van der Waals surface area contributed by atoms with Gasteiger partial charge in [0.25, 0.3) is 10.0 Å². The third kappa shape index (κ3) is 9.38. The van der Waals surface area contributed by atoms with E-state index in [1.807, 2.05) is 70.2 Å². The van der Waals surface area contributed by atoms with Crippen molar-refractivity contribution in [1.29, 1.82) is 0 Å². The van der Waals surface area contributed by atoms with Crippen molar-refractivity contribution in [2.75, 3.05) is 24.6 Å². The monoisotopic (exact) mass is 671 g/mol. The summed E-state index contributed by atoms with van der Waals surface area (Å²) in [7, 11) is -2.67. The molecule has 4 rings (SSSR count). The van der Waals surface area contributed by atoms with Crippen LogP contribution < -0.4 is 19.1 Å². The van der Waals surface area contributed by atoms with E-state index in [1.165, 1.54) is 17.0 Å². The van der Waals surface area contributed by atoms with Crippen molar-refractivity contribution in [2.45, 2.75) is 64.1 Å². The molecule has 10 heteroatoms. The Balaban J connectivity index is 1.80. The molecule has 254 valence electrons. The molecule has 0 saturated carbocycles. The predicted octanol–water partition coefficient (Wildman–Crippen LogP) is 6.15. The molecule has 2 amide bonds. The average Bonchev–Trinajstić information content (AvgIpc) is 3.09. The fourth-order valence-electron chi connectivity index (χ4n) is 5.20.